The van der Waals surface area contributed by atoms with Crippen molar-refractivity contribution in [3.63, 3.8) is 0 Å². The van der Waals surface area contributed by atoms with Gasteiger partial charge in [0.25, 0.3) is 15.9 Å². The Morgan fingerprint density at radius 3 is 2.16 bits per heavy atom. The van der Waals surface area contributed by atoms with E-state index in [2.05, 4.69) is 15.4 Å². The van der Waals surface area contributed by atoms with Gasteiger partial charge in [-0.25, -0.2) is 8.42 Å². The molecule has 0 saturated heterocycles. The second-order valence-corrected chi connectivity index (χ2v) is 9.16. The number of carbonyl (C=O) groups is 2. The quantitative estimate of drug-likeness (QED) is 0.508. The lowest BCUT2D eigenvalue weighted by atomic mass is 10.1. The molecule has 0 spiro atoms. The van der Waals surface area contributed by atoms with Gasteiger partial charge in [-0.15, -0.1) is 0 Å². The molecule has 0 heterocycles. The van der Waals surface area contributed by atoms with E-state index in [4.69, 9.17) is 0 Å². The first-order chi connectivity index (χ1) is 15.2. The Balaban J connectivity index is 1.59. The second-order valence-electron chi connectivity index (χ2n) is 7.47. The van der Waals surface area contributed by atoms with Gasteiger partial charge in [-0.05, 0) is 74.4 Å². The molecular weight excluding hydrogens is 426 g/mol. The predicted molar refractivity (Wildman–Crippen MR) is 125 cm³/mol. The number of hydrogen-bond acceptors (Lipinski definition) is 4. The highest BCUT2D eigenvalue weighted by molar-refractivity contribution is 7.92. The molecule has 0 unspecified atom stereocenters. The normalized spacial score (nSPS) is 11.0. The smallest absolute Gasteiger partial charge is 0.261 e. The van der Waals surface area contributed by atoms with Crippen molar-refractivity contribution in [2.24, 2.45) is 0 Å². The number of nitrogens with one attached hydrogen (secondary N) is 3. The highest BCUT2D eigenvalue weighted by Crippen LogP contribution is 2.18. The first-order valence-electron chi connectivity index (χ1n) is 9.99. The molecule has 2 amide bonds. The van der Waals surface area contributed by atoms with Crippen molar-refractivity contribution in [2.75, 3.05) is 16.6 Å². The SMILES string of the molecule is Cc1ccc(NS(=O)(=O)c2ccc(C(=O)NCC(=O)Nc3cccc(C)c3C)cc2)cc1. The number of rotatable bonds is 7. The van der Waals surface area contributed by atoms with Crippen LogP contribution in [0.4, 0.5) is 11.4 Å². The van der Waals surface area contributed by atoms with Crippen molar-refractivity contribution in [2.45, 2.75) is 25.7 Å². The zero-order valence-corrected chi connectivity index (χ0v) is 18.9. The lowest BCUT2D eigenvalue weighted by Crippen LogP contribution is -2.33. The van der Waals surface area contributed by atoms with Crippen molar-refractivity contribution in [1.29, 1.82) is 0 Å². The summed E-state index contributed by atoms with van der Waals surface area (Å²) in [7, 11) is -3.78. The summed E-state index contributed by atoms with van der Waals surface area (Å²) in [6.07, 6.45) is 0. The third-order valence-corrected chi connectivity index (χ3v) is 6.42. The number of amides is 2. The molecule has 0 bridgehead atoms. The van der Waals surface area contributed by atoms with Crippen LogP contribution >= 0.6 is 0 Å². The number of carbonyl (C=O) groups excluding carboxylic acids is 2. The van der Waals surface area contributed by atoms with Crippen LogP contribution in [0.25, 0.3) is 0 Å². The average molecular weight is 452 g/mol. The molecule has 0 saturated carbocycles. The molecule has 0 aliphatic carbocycles. The minimum absolute atomic E-state index is 0.0299. The summed E-state index contributed by atoms with van der Waals surface area (Å²) in [5, 5.41) is 5.31. The van der Waals surface area contributed by atoms with Gasteiger partial charge in [0.15, 0.2) is 0 Å². The summed E-state index contributed by atoms with van der Waals surface area (Å²) in [5.74, 6) is -0.829. The number of anilines is 2. The maximum atomic E-state index is 12.5. The van der Waals surface area contributed by atoms with Gasteiger partial charge in [-0.3, -0.25) is 14.3 Å². The fourth-order valence-corrected chi connectivity index (χ4v) is 4.02. The lowest BCUT2D eigenvalue weighted by Gasteiger charge is -2.11. The van der Waals surface area contributed by atoms with Gasteiger partial charge < -0.3 is 10.6 Å². The zero-order valence-electron chi connectivity index (χ0n) is 18.1. The summed E-state index contributed by atoms with van der Waals surface area (Å²) in [6, 6.07) is 18.1. The van der Waals surface area contributed by atoms with Crippen LogP contribution < -0.4 is 15.4 Å². The van der Waals surface area contributed by atoms with Crippen LogP contribution in [0.3, 0.4) is 0 Å². The monoisotopic (exact) mass is 451 g/mol. The number of benzene rings is 3. The Labute approximate surface area is 187 Å². The first kappa shape index (κ1) is 23.0. The molecule has 0 aliphatic rings. The van der Waals surface area contributed by atoms with Crippen LogP contribution in [0, 0.1) is 20.8 Å². The van der Waals surface area contributed by atoms with Gasteiger partial charge in [0.05, 0.1) is 11.4 Å². The number of sulfonamides is 1. The van der Waals surface area contributed by atoms with E-state index in [1.165, 1.54) is 24.3 Å². The summed E-state index contributed by atoms with van der Waals surface area (Å²) < 4.78 is 27.6. The highest BCUT2D eigenvalue weighted by Gasteiger charge is 2.16. The van der Waals surface area contributed by atoms with E-state index < -0.39 is 15.9 Å². The second kappa shape index (κ2) is 9.65. The van der Waals surface area contributed by atoms with E-state index in [1.54, 1.807) is 18.2 Å². The average Bonchev–Trinajstić information content (AvgIpc) is 2.77. The number of hydrogen-bond donors (Lipinski definition) is 3. The molecular formula is C24H25N3O4S. The topological polar surface area (TPSA) is 104 Å². The van der Waals surface area contributed by atoms with Crippen LogP contribution in [0.15, 0.2) is 71.6 Å². The molecule has 3 N–H and O–H groups in total. The summed E-state index contributed by atoms with van der Waals surface area (Å²) in [5.41, 5.74) is 4.43. The Kier molecular flexibility index (Phi) is 6.95. The maximum absolute atomic E-state index is 12.5. The molecule has 0 aliphatic heterocycles. The maximum Gasteiger partial charge on any atom is 0.261 e. The van der Waals surface area contributed by atoms with Crippen LogP contribution in [-0.2, 0) is 14.8 Å². The third kappa shape index (κ3) is 5.73. The minimum Gasteiger partial charge on any atom is -0.343 e. The Morgan fingerprint density at radius 1 is 0.844 bits per heavy atom. The fourth-order valence-electron chi connectivity index (χ4n) is 2.96. The van der Waals surface area contributed by atoms with Gasteiger partial charge >= 0.3 is 0 Å². The van der Waals surface area contributed by atoms with E-state index in [-0.39, 0.29) is 22.9 Å². The van der Waals surface area contributed by atoms with Crippen LogP contribution in [-0.4, -0.2) is 26.8 Å². The van der Waals surface area contributed by atoms with Crippen molar-refractivity contribution in [3.8, 4) is 0 Å². The zero-order chi connectivity index (χ0) is 23.3. The Hall–Kier alpha value is -3.65. The highest BCUT2D eigenvalue weighted by atomic mass is 32.2. The molecule has 3 aromatic carbocycles. The molecule has 0 atom stereocenters. The Bertz CT molecular complexity index is 1240. The molecule has 8 heteroatoms. The molecule has 166 valence electrons. The van der Waals surface area contributed by atoms with Crippen LogP contribution in [0.1, 0.15) is 27.0 Å². The van der Waals surface area contributed by atoms with Crippen molar-refractivity contribution < 1.29 is 18.0 Å². The van der Waals surface area contributed by atoms with E-state index >= 15 is 0 Å². The van der Waals surface area contributed by atoms with Gasteiger partial charge in [0.2, 0.25) is 5.91 Å². The molecule has 0 aromatic heterocycles. The van der Waals surface area contributed by atoms with Gasteiger partial charge in [0, 0.05) is 16.9 Å². The summed E-state index contributed by atoms with van der Waals surface area (Å²) in [4.78, 5) is 24.6. The van der Waals surface area contributed by atoms with Gasteiger partial charge in [-0.2, -0.15) is 0 Å². The summed E-state index contributed by atoms with van der Waals surface area (Å²) >= 11 is 0. The van der Waals surface area contributed by atoms with Crippen molar-refractivity contribution >= 4 is 33.2 Å². The first-order valence-corrected chi connectivity index (χ1v) is 11.5. The molecule has 0 radical (unpaired) electrons. The standard InChI is InChI=1S/C24H25N3O4S/c1-16-7-11-20(12-8-16)27-32(30,31)21-13-9-19(10-14-21)24(29)25-15-23(28)26-22-6-4-5-17(2)18(22)3/h4-14,27H,15H2,1-3H3,(H,25,29)(H,26,28). The fraction of sp³-hybridized carbons (Fsp3) is 0.167. The van der Waals surface area contributed by atoms with Crippen LogP contribution in [0.5, 0.6) is 0 Å². The third-order valence-electron chi connectivity index (χ3n) is 5.02. The van der Waals surface area contributed by atoms with E-state index in [9.17, 15) is 18.0 Å². The molecule has 3 rings (SSSR count). The Morgan fingerprint density at radius 2 is 1.50 bits per heavy atom. The lowest BCUT2D eigenvalue weighted by molar-refractivity contribution is -0.115. The van der Waals surface area contributed by atoms with Crippen molar-refractivity contribution in [3.05, 3.63) is 89.0 Å². The molecule has 32 heavy (non-hydrogen) atoms. The largest absolute Gasteiger partial charge is 0.343 e. The van der Waals surface area contributed by atoms with E-state index in [0.717, 1.165) is 16.7 Å². The molecule has 3 aromatic rings. The molecule has 0 fully saturated rings. The predicted octanol–water partition coefficient (Wildman–Crippen LogP) is 3.78. The minimum atomic E-state index is -3.78. The van der Waals surface area contributed by atoms with E-state index in [0.29, 0.717) is 11.4 Å². The van der Waals surface area contributed by atoms with Gasteiger partial charge in [0.1, 0.15) is 0 Å². The van der Waals surface area contributed by atoms with E-state index in [1.807, 2.05) is 45.0 Å². The van der Waals surface area contributed by atoms with Gasteiger partial charge in [-0.1, -0.05) is 29.8 Å². The molecule has 7 nitrogen and oxygen atoms in total. The van der Waals surface area contributed by atoms with Crippen molar-refractivity contribution in [1.82, 2.24) is 5.32 Å². The summed E-state index contributed by atoms with van der Waals surface area (Å²) in [6.45, 7) is 5.57. The van der Waals surface area contributed by atoms with Crippen LogP contribution in [0.2, 0.25) is 0 Å². The number of aryl methyl sites for hydroxylation is 2.